The SMILES string of the molecule is C=CCNC(=O)C(C)Nc1ccc(SC)cc1. The molecule has 4 heteroatoms. The minimum Gasteiger partial charge on any atom is -0.374 e. The van der Waals surface area contributed by atoms with Crippen molar-refractivity contribution in [3.8, 4) is 0 Å². The lowest BCUT2D eigenvalue weighted by atomic mass is 10.2. The van der Waals surface area contributed by atoms with Crippen LogP contribution < -0.4 is 10.6 Å². The van der Waals surface area contributed by atoms with Gasteiger partial charge in [0.1, 0.15) is 6.04 Å². The van der Waals surface area contributed by atoms with Crippen LogP contribution >= 0.6 is 11.8 Å². The van der Waals surface area contributed by atoms with Gasteiger partial charge in [-0.05, 0) is 37.4 Å². The smallest absolute Gasteiger partial charge is 0.242 e. The molecule has 0 bridgehead atoms. The van der Waals surface area contributed by atoms with Gasteiger partial charge in [0.05, 0.1) is 0 Å². The highest BCUT2D eigenvalue weighted by Gasteiger charge is 2.10. The Labute approximate surface area is 107 Å². The van der Waals surface area contributed by atoms with Crippen molar-refractivity contribution < 1.29 is 4.79 Å². The van der Waals surface area contributed by atoms with Crippen molar-refractivity contribution in [3.63, 3.8) is 0 Å². The van der Waals surface area contributed by atoms with E-state index in [-0.39, 0.29) is 11.9 Å². The average molecular weight is 250 g/mol. The van der Waals surface area contributed by atoms with Crippen molar-refractivity contribution in [3.05, 3.63) is 36.9 Å². The van der Waals surface area contributed by atoms with Crippen LogP contribution in [-0.2, 0) is 4.79 Å². The summed E-state index contributed by atoms with van der Waals surface area (Å²) in [6.07, 6.45) is 3.70. The number of benzene rings is 1. The Morgan fingerprint density at radius 1 is 1.47 bits per heavy atom. The molecule has 0 aliphatic carbocycles. The summed E-state index contributed by atoms with van der Waals surface area (Å²) in [5.74, 6) is -0.0288. The summed E-state index contributed by atoms with van der Waals surface area (Å²) in [4.78, 5) is 12.8. The average Bonchev–Trinajstić information content (AvgIpc) is 2.36. The third-order valence-electron chi connectivity index (χ3n) is 2.29. The second-order valence-electron chi connectivity index (χ2n) is 3.63. The number of thioether (sulfide) groups is 1. The molecule has 1 aromatic carbocycles. The van der Waals surface area contributed by atoms with Gasteiger partial charge in [-0.25, -0.2) is 0 Å². The lowest BCUT2D eigenvalue weighted by molar-refractivity contribution is -0.121. The Kier molecular flexibility index (Phi) is 5.63. The van der Waals surface area contributed by atoms with Crippen LogP contribution in [0.15, 0.2) is 41.8 Å². The van der Waals surface area contributed by atoms with Gasteiger partial charge in [0.25, 0.3) is 0 Å². The van der Waals surface area contributed by atoms with E-state index >= 15 is 0 Å². The first-order valence-electron chi connectivity index (χ1n) is 5.46. The minimum absolute atomic E-state index is 0.0288. The molecule has 0 aliphatic heterocycles. The van der Waals surface area contributed by atoms with Crippen molar-refractivity contribution in [2.45, 2.75) is 17.9 Å². The van der Waals surface area contributed by atoms with Crippen molar-refractivity contribution in [2.24, 2.45) is 0 Å². The van der Waals surface area contributed by atoms with Gasteiger partial charge in [-0.3, -0.25) is 4.79 Å². The molecule has 0 aliphatic rings. The molecule has 17 heavy (non-hydrogen) atoms. The van der Waals surface area contributed by atoms with Crippen LogP contribution in [0.5, 0.6) is 0 Å². The third-order valence-corrected chi connectivity index (χ3v) is 3.03. The first-order chi connectivity index (χ1) is 8.17. The fraction of sp³-hybridized carbons (Fsp3) is 0.308. The van der Waals surface area contributed by atoms with Crippen LogP contribution in [0.4, 0.5) is 5.69 Å². The zero-order valence-corrected chi connectivity index (χ0v) is 11.0. The van der Waals surface area contributed by atoms with Crippen molar-refractivity contribution in [1.29, 1.82) is 0 Å². The lowest BCUT2D eigenvalue weighted by Gasteiger charge is -2.14. The fourth-order valence-corrected chi connectivity index (χ4v) is 1.74. The van der Waals surface area contributed by atoms with Gasteiger partial charge in [-0.1, -0.05) is 6.08 Å². The molecule has 0 radical (unpaired) electrons. The summed E-state index contributed by atoms with van der Waals surface area (Å²) in [6.45, 7) is 5.89. The van der Waals surface area contributed by atoms with Crippen molar-refractivity contribution in [1.82, 2.24) is 5.32 Å². The quantitative estimate of drug-likeness (QED) is 0.602. The van der Waals surface area contributed by atoms with Gasteiger partial charge in [0, 0.05) is 17.1 Å². The van der Waals surface area contributed by atoms with E-state index < -0.39 is 0 Å². The lowest BCUT2D eigenvalue weighted by Crippen LogP contribution is -2.37. The molecule has 0 spiro atoms. The highest BCUT2D eigenvalue weighted by Crippen LogP contribution is 2.17. The molecule has 0 heterocycles. The minimum atomic E-state index is -0.255. The van der Waals surface area contributed by atoms with E-state index in [9.17, 15) is 4.79 Å². The normalized spacial score (nSPS) is 11.6. The van der Waals surface area contributed by atoms with Gasteiger partial charge in [-0.15, -0.1) is 18.3 Å². The molecule has 1 atom stereocenters. The van der Waals surface area contributed by atoms with E-state index in [1.54, 1.807) is 17.8 Å². The molecular formula is C13H18N2OS. The molecule has 0 aromatic heterocycles. The summed E-state index contributed by atoms with van der Waals surface area (Å²) in [5, 5.41) is 5.90. The molecular weight excluding hydrogens is 232 g/mol. The number of hydrogen-bond acceptors (Lipinski definition) is 3. The highest BCUT2D eigenvalue weighted by molar-refractivity contribution is 7.98. The van der Waals surface area contributed by atoms with Gasteiger partial charge in [0.15, 0.2) is 0 Å². The zero-order chi connectivity index (χ0) is 12.7. The molecule has 0 saturated carbocycles. The van der Waals surface area contributed by atoms with Crippen molar-refractivity contribution in [2.75, 3.05) is 18.1 Å². The van der Waals surface area contributed by atoms with Gasteiger partial charge in [0.2, 0.25) is 5.91 Å². The fourth-order valence-electron chi connectivity index (χ4n) is 1.33. The van der Waals surface area contributed by atoms with E-state index in [1.165, 1.54) is 4.90 Å². The molecule has 2 N–H and O–H groups in total. The Balaban J connectivity index is 2.51. The molecule has 1 amide bonds. The van der Waals surface area contributed by atoms with E-state index in [1.807, 2.05) is 37.4 Å². The number of carbonyl (C=O) groups excluding carboxylic acids is 1. The highest BCUT2D eigenvalue weighted by atomic mass is 32.2. The van der Waals surface area contributed by atoms with Gasteiger partial charge < -0.3 is 10.6 Å². The maximum absolute atomic E-state index is 11.6. The number of hydrogen-bond donors (Lipinski definition) is 2. The monoisotopic (exact) mass is 250 g/mol. The number of nitrogens with one attached hydrogen (secondary N) is 2. The standard InChI is InChI=1S/C13H18N2OS/c1-4-9-14-13(16)10(2)15-11-5-7-12(17-3)8-6-11/h4-8,10,15H,1,9H2,2-3H3,(H,14,16). The number of anilines is 1. The first kappa shape index (κ1) is 13.6. The number of carbonyl (C=O) groups is 1. The summed E-state index contributed by atoms with van der Waals surface area (Å²) >= 11 is 1.70. The molecule has 0 fully saturated rings. The Morgan fingerprint density at radius 2 is 2.12 bits per heavy atom. The molecule has 3 nitrogen and oxygen atoms in total. The second kappa shape index (κ2) is 7.01. The first-order valence-corrected chi connectivity index (χ1v) is 6.69. The number of amides is 1. The Bertz CT molecular complexity index is 376. The molecule has 0 saturated heterocycles. The van der Waals surface area contributed by atoms with Crippen LogP contribution in [0.25, 0.3) is 0 Å². The van der Waals surface area contributed by atoms with Crippen LogP contribution in [-0.4, -0.2) is 24.7 Å². The van der Waals surface area contributed by atoms with Crippen molar-refractivity contribution >= 4 is 23.4 Å². The topological polar surface area (TPSA) is 41.1 Å². The summed E-state index contributed by atoms with van der Waals surface area (Å²) < 4.78 is 0. The van der Waals surface area contributed by atoms with Crippen LogP contribution in [0.2, 0.25) is 0 Å². The molecule has 1 unspecified atom stereocenters. The van der Waals surface area contributed by atoms with E-state index in [4.69, 9.17) is 0 Å². The van der Waals surface area contributed by atoms with Crippen LogP contribution in [0.1, 0.15) is 6.92 Å². The molecule has 1 aromatic rings. The number of rotatable bonds is 6. The van der Waals surface area contributed by atoms with Crippen LogP contribution in [0, 0.1) is 0 Å². The summed E-state index contributed by atoms with van der Waals surface area (Å²) in [5.41, 5.74) is 0.948. The molecule has 1 rings (SSSR count). The summed E-state index contributed by atoms with van der Waals surface area (Å²) in [6, 6.07) is 7.75. The van der Waals surface area contributed by atoms with Crippen LogP contribution in [0.3, 0.4) is 0 Å². The largest absolute Gasteiger partial charge is 0.374 e. The zero-order valence-electron chi connectivity index (χ0n) is 10.2. The maximum Gasteiger partial charge on any atom is 0.242 e. The Hall–Kier alpha value is -1.42. The summed E-state index contributed by atoms with van der Waals surface area (Å²) in [7, 11) is 0. The second-order valence-corrected chi connectivity index (χ2v) is 4.51. The van der Waals surface area contributed by atoms with E-state index in [2.05, 4.69) is 17.2 Å². The van der Waals surface area contributed by atoms with E-state index in [0.29, 0.717) is 6.54 Å². The predicted molar refractivity (Wildman–Crippen MR) is 74.5 cm³/mol. The molecule has 92 valence electrons. The predicted octanol–water partition coefficient (Wildman–Crippen LogP) is 2.51. The maximum atomic E-state index is 11.6. The Morgan fingerprint density at radius 3 is 2.65 bits per heavy atom. The van der Waals surface area contributed by atoms with Gasteiger partial charge >= 0.3 is 0 Å². The van der Waals surface area contributed by atoms with E-state index in [0.717, 1.165) is 5.69 Å². The van der Waals surface area contributed by atoms with Gasteiger partial charge in [-0.2, -0.15) is 0 Å². The third kappa shape index (κ3) is 4.53.